The van der Waals surface area contributed by atoms with Gasteiger partial charge in [-0.1, -0.05) is 22.0 Å². The molecule has 0 atom stereocenters. The van der Waals surface area contributed by atoms with Crippen molar-refractivity contribution < 1.29 is 18.8 Å². The molecule has 0 aliphatic rings. The van der Waals surface area contributed by atoms with Gasteiger partial charge in [-0.05, 0) is 24.6 Å². The van der Waals surface area contributed by atoms with Crippen LogP contribution in [0.15, 0.2) is 34.8 Å². The third kappa shape index (κ3) is 3.30. The highest BCUT2D eigenvalue weighted by molar-refractivity contribution is 9.10. The number of benzene rings is 2. The van der Waals surface area contributed by atoms with Gasteiger partial charge in [-0.3, -0.25) is 10.1 Å². The zero-order valence-corrected chi connectivity index (χ0v) is 12.8. The minimum Gasteiger partial charge on any atom is -0.490 e. The van der Waals surface area contributed by atoms with Crippen LogP contribution in [0, 0.1) is 22.9 Å². The first-order valence-corrected chi connectivity index (χ1v) is 6.67. The fourth-order valence-electron chi connectivity index (χ4n) is 1.71. The van der Waals surface area contributed by atoms with Crippen molar-refractivity contribution in [2.24, 2.45) is 0 Å². The SMILES string of the molecule is COc1cc(Oc2cc(Br)ccc2C)c(F)cc1[N+](=O)[O-]. The molecule has 21 heavy (non-hydrogen) atoms. The Hall–Kier alpha value is -2.15. The van der Waals surface area contributed by atoms with E-state index in [0.717, 1.165) is 22.2 Å². The lowest BCUT2D eigenvalue weighted by atomic mass is 10.2. The molecule has 5 nitrogen and oxygen atoms in total. The van der Waals surface area contributed by atoms with E-state index in [1.165, 1.54) is 7.11 Å². The monoisotopic (exact) mass is 355 g/mol. The van der Waals surface area contributed by atoms with E-state index in [4.69, 9.17) is 9.47 Å². The van der Waals surface area contributed by atoms with Crippen LogP contribution in [0.1, 0.15) is 5.56 Å². The maximum Gasteiger partial charge on any atom is 0.314 e. The highest BCUT2D eigenvalue weighted by atomic mass is 79.9. The van der Waals surface area contributed by atoms with Gasteiger partial charge >= 0.3 is 5.69 Å². The van der Waals surface area contributed by atoms with Crippen molar-refractivity contribution in [3.05, 3.63) is 56.3 Å². The first-order valence-electron chi connectivity index (χ1n) is 5.88. The van der Waals surface area contributed by atoms with Gasteiger partial charge in [-0.2, -0.15) is 0 Å². The minimum atomic E-state index is -0.832. The van der Waals surface area contributed by atoms with Crippen LogP contribution in [0.5, 0.6) is 17.2 Å². The molecule has 0 amide bonds. The van der Waals surface area contributed by atoms with Gasteiger partial charge < -0.3 is 9.47 Å². The summed E-state index contributed by atoms with van der Waals surface area (Å²) in [5, 5.41) is 10.8. The number of nitrogens with zero attached hydrogens (tertiary/aromatic N) is 1. The molecule has 0 bridgehead atoms. The number of hydrogen-bond donors (Lipinski definition) is 0. The molecule has 0 radical (unpaired) electrons. The molecule has 110 valence electrons. The zero-order valence-electron chi connectivity index (χ0n) is 11.2. The number of methoxy groups -OCH3 is 1. The summed E-state index contributed by atoms with van der Waals surface area (Å²) in [6.07, 6.45) is 0. The molecule has 0 saturated heterocycles. The normalized spacial score (nSPS) is 10.3. The lowest BCUT2D eigenvalue weighted by molar-refractivity contribution is -0.386. The summed E-state index contributed by atoms with van der Waals surface area (Å²) in [5.74, 6) is -0.594. The average Bonchev–Trinajstić information content (AvgIpc) is 2.44. The van der Waals surface area contributed by atoms with Crippen LogP contribution in [-0.2, 0) is 0 Å². The second-order valence-corrected chi connectivity index (χ2v) is 5.14. The third-order valence-corrected chi connectivity index (χ3v) is 3.29. The smallest absolute Gasteiger partial charge is 0.314 e. The van der Waals surface area contributed by atoms with Gasteiger partial charge in [0.15, 0.2) is 11.6 Å². The lowest BCUT2D eigenvalue weighted by Crippen LogP contribution is -1.97. The van der Waals surface area contributed by atoms with Crippen LogP contribution in [0.3, 0.4) is 0 Å². The molecule has 0 fully saturated rings. The molecule has 2 aromatic rings. The van der Waals surface area contributed by atoms with Crippen molar-refractivity contribution in [2.75, 3.05) is 7.11 Å². The molecule has 0 unspecified atom stereocenters. The fraction of sp³-hybridized carbons (Fsp3) is 0.143. The van der Waals surface area contributed by atoms with E-state index in [0.29, 0.717) is 5.75 Å². The van der Waals surface area contributed by atoms with Gasteiger partial charge in [0.25, 0.3) is 0 Å². The maximum absolute atomic E-state index is 13.9. The number of aryl methyl sites for hydroxylation is 1. The Morgan fingerprint density at radius 3 is 2.52 bits per heavy atom. The van der Waals surface area contributed by atoms with Gasteiger partial charge in [0.05, 0.1) is 18.1 Å². The Bertz CT molecular complexity index is 706. The first-order chi connectivity index (χ1) is 9.92. The molecule has 0 spiro atoms. The predicted molar refractivity (Wildman–Crippen MR) is 78.6 cm³/mol. The number of hydrogen-bond acceptors (Lipinski definition) is 4. The molecule has 0 saturated carbocycles. The number of rotatable bonds is 4. The average molecular weight is 356 g/mol. The quantitative estimate of drug-likeness (QED) is 0.593. The molecule has 7 heteroatoms. The summed E-state index contributed by atoms with van der Waals surface area (Å²) in [4.78, 5) is 10.1. The van der Waals surface area contributed by atoms with Crippen LogP contribution in [0.25, 0.3) is 0 Å². The molecule has 2 aromatic carbocycles. The number of nitro groups is 1. The molecule has 0 aromatic heterocycles. The van der Waals surface area contributed by atoms with E-state index in [2.05, 4.69) is 15.9 Å². The van der Waals surface area contributed by atoms with Crippen molar-refractivity contribution >= 4 is 21.6 Å². The van der Waals surface area contributed by atoms with Gasteiger partial charge in [-0.15, -0.1) is 0 Å². The second kappa shape index (κ2) is 6.09. The van der Waals surface area contributed by atoms with Crippen LogP contribution < -0.4 is 9.47 Å². The van der Waals surface area contributed by atoms with E-state index < -0.39 is 16.4 Å². The molecule has 0 N–H and O–H groups in total. The molecular weight excluding hydrogens is 345 g/mol. The minimum absolute atomic E-state index is 0.0657. The van der Waals surface area contributed by atoms with E-state index in [-0.39, 0.29) is 11.5 Å². The Kier molecular flexibility index (Phi) is 4.42. The molecule has 2 rings (SSSR count). The standard InChI is InChI=1S/C14H11BrFNO4/c1-8-3-4-9(15)5-12(8)21-13-7-14(20-2)11(17(18)19)6-10(13)16/h3-7H,1-2H3. The van der Waals surface area contributed by atoms with Gasteiger partial charge in [-0.25, -0.2) is 4.39 Å². The van der Waals surface area contributed by atoms with Crippen LogP contribution in [-0.4, -0.2) is 12.0 Å². The third-order valence-electron chi connectivity index (χ3n) is 2.80. The van der Waals surface area contributed by atoms with Gasteiger partial charge in [0.1, 0.15) is 5.75 Å². The topological polar surface area (TPSA) is 61.6 Å². The zero-order chi connectivity index (χ0) is 15.6. The number of halogens is 2. The van der Waals surface area contributed by atoms with E-state index >= 15 is 0 Å². The summed E-state index contributed by atoms with van der Waals surface area (Å²) in [6.45, 7) is 1.81. The first kappa shape index (κ1) is 15.2. The Balaban J connectivity index is 2.45. The highest BCUT2D eigenvalue weighted by Gasteiger charge is 2.20. The van der Waals surface area contributed by atoms with Crippen molar-refractivity contribution in [3.8, 4) is 17.2 Å². The Labute approximate surface area is 128 Å². The fourth-order valence-corrected chi connectivity index (χ4v) is 2.05. The van der Waals surface area contributed by atoms with Gasteiger partial charge in [0, 0.05) is 10.5 Å². The molecule has 0 heterocycles. The van der Waals surface area contributed by atoms with Crippen molar-refractivity contribution in [1.82, 2.24) is 0 Å². The van der Waals surface area contributed by atoms with Crippen LogP contribution in [0.2, 0.25) is 0 Å². The Morgan fingerprint density at radius 1 is 1.19 bits per heavy atom. The maximum atomic E-state index is 13.9. The van der Waals surface area contributed by atoms with E-state index in [1.807, 2.05) is 13.0 Å². The largest absolute Gasteiger partial charge is 0.490 e. The summed E-state index contributed by atoms with van der Waals surface area (Å²) < 4.78 is 25.1. The molecular formula is C14H11BrFNO4. The van der Waals surface area contributed by atoms with E-state index in [9.17, 15) is 14.5 Å². The predicted octanol–water partition coefficient (Wildman–Crippen LogP) is 4.61. The summed E-state index contributed by atoms with van der Waals surface area (Å²) in [7, 11) is 1.27. The van der Waals surface area contributed by atoms with Crippen molar-refractivity contribution in [2.45, 2.75) is 6.92 Å². The second-order valence-electron chi connectivity index (χ2n) is 4.22. The van der Waals surface area contributed by atoms with Crippen molar-refractivity contribution in [3.63, 3.8) is 0 Å². The molecule has 0 aliphatic heterocycles. The number of ether oxygens (including phenoxy) is 2. The van der Waals surface area contributed by atoms with E-state index in [1.54, 1.807) is 12.1 Å². The van der Waals surface area contributed by atoms with Crippen LogP contribution >= 0.6 is 15.9 Å². The van der Waals surface area contributed by atoms with Crippen molar-refractivity contribution in [1.29, 1.82) is 0 Å². The lowest BCUT2D eigenvalue weighted by Gasteiger charge is -2.11. The Morgan fingerprint density at radius 2 is 1.90 bits per heavy atom. The molecule has 0 aliphatic carbocycles. The van der Waals surface area contributed by atoms with Gasteiger partial charge in [0.2, 0.25) is 5.75 Å². The summed E-state index contributed by atoms with van der Waals surface area (Å²) in [5.41, 5.74) is 0.350. The summed E-state index contributed by atoms with van der Waals surface area (Å²) >= 11 is 3.30. The highest BCUT2D eigenvalue weighted by Crippen LogP contribution is 2.36. The number of nitro benzene ring substituents is 1. The van der Waals surface area contributed by atoms with Crippen LogP contribution in [0.4, 0.5) is 10.1 Å². The summed E-state index contributed by atoms with van der Waals surface area (Å²) in [6, 6.07) is 7.26.